The molecule has 0 rings (SSSR count). The third-order valence-corrected chi connectivity index (χ3v) is 5.99. The Balaban J connectivity index is 4.75. The molecule has 0 aromatic rings. The number of nitrogens with one attached hydrogen (secondary N) is 1. The van der Waals surface area contributed by atoms with Crippen LogP contribution in [-0.2, 0) is 9.40 Å². The number of nitrogens with two attached hydrogens (primary N) is 2. The van der Waals surface area contributed by atoms with Crippen molar-refractivity contribution >= 4 is 7.59 Å². The molecule has 0 unspecified atom stereocenters. The zero-order chi connectivity index (χ0) is 21.1. The molecule has 0 amide bonds. The molecule has 0 aliphatic carbocycles. The number of rotatable bonds is 21. The van der Waals surface area contributed by atoms with Crippen molar-refractivity contribution in [2.45, 2.75) is 142 Å². The number of hydrogen-bond donors (Lipinski definition) is 3. The highest BCUT2D eigenvalue weighted by Gasteiger charge is 2.32. The molecule has 170 valence electrons. The fourth-order valence-electron chi connectivity index (χ4n) is 3.85. The van der Waals surface area contributed by atoms with Crippen molar-refractivity contribution in [3.63, 3.8) is 0 Å². The van der Waals surface area contributed by atoms with Crippen molar-refractivity contribution in [2.24, 2.45) is 11.0 Å². The average Bonchev–Trinajstić information content (AvgIpc) is 2.65. The van der Waals surface area contributed by atoms with Gasteiger partial charge in [-0.05, 0) is 19.3 Å². The molecule has 5 nitrogen and oxygen atoms in total. The zero-order valence-corrected chi connectivity index (χ0v) is 20.0. The minimum Gasteiger partial charge on any atom is -0.287 e. The highest BCUT2D eigenvalue weighted by Crippen LogP contribution is 2.34. The summed E-state index contributed by atoms with van der Waals surface area (Å²) in [5.74, 6) is 0. The van der Waals surface area contributed by atoms with Gasteiger partial charge in [-0.15, -0.1) is 5.25 Å². The van der Waals surface area contributed by atoms with Crippen LogP contribution >= 0.6 is 7.59 Å². The van der Waals surface area contributed by atoms with E-state index in [-0.39, 0.29) is 5.60 Å². The summed E-state index contributed by atoms with van der Waals surface area (Å²) >= 11 is 0. The summed E-state index contributed by atoms with van der Waals surface area (Å²) in [6.07, 6.45) is 21.6. The van der Waals surface area contributed by atoms with Gasteiger partial charge in [-0.3, -0.25) is 20.4 Å². The van der Waals surface area contributed by atoms with Crippen molar-refractivity contribution in [1.82, 2.24) is 5.25 Å². The Kier molecular flexibility index (Phi) is 17.9. The van der Waals surface area contributed by atoms with Gasteiger partial charge in [-0.25, -0.2) is 0 Å². The van der Waals surface area contributed by atoms with Gasteiger partial charge in [0.05, 0.1) is 5.60 Å². The van der Waals surface area contributed by atoms with Crippen LogP contribution in [-0.4, -0.2) is 5.60 Å². The largest absolute Gasteiger partial charge is 0.296 e. The molecule has 0 radical (unpaired) electrons. The summed E-state index contributed by atoms with van der Waals surface area (Å²) in [6, 6.07) is 0. The Hall–Kier alpha value is 0.0700. The van der Waals surface area contributed by atoms with Crippen LogP contribution in [0.1, 0.15) is 136 Å². The van der Waals surface area contributed by atoms with Gasteiger partial charge in [0.1, 0.15) is 0 Å². The number of unbranched alkanes of at least 4 members (excludes halogenated alkanes) is 12. The molecule has 0 aromatic heterocycles. The monoisotopic (exact) mass is 419 g/mol. The quantitative estimate of drug-likeness (QED) is 0.103. The van der Waals surface area contributed by atoms with Crippen LogP contribution in [0.5, 0.6) is 0 Å². The molecule has 0 aliphatic heterocycles. The predicted octanol–water partition coefficient (Wildman–Crippen LogP) is 7.35. The standard InChI is InChI=1S/C22H50N3O2P/c1-4-7-10-13-14-15-18-21-22(19-16-11-8-5-2,20-17-12-9-6-3)27-25-28(23,24)26/h4-21H2,1-3H3,(H5,23,24,25,26). The maximum absolute atomic E-state index is 11.8. The van der Waals surface area contributed by atoms with E-state index >= 15 is 0 Å². The Morgan fingerprint density at radius 2 is 0.964 bits per heavy atom. The van der Waals surface area contributed by atoms with Crippen LogP contribution in [0.25, 0.3) is 0 Å². The lowest BCUT2D eigenvalue weighted by molar-refractivity contribution is -0.0963. The molecule has 0 aliphatic rings. The summed E-state index contributed by atoms with van der Waals surface area (Å²) in [5, 5.41) is 2.52. The molecular formula is C22H50N3O2P. The fraction of sp³-hybridized carbons (Fsp3) is 1.00. The van der Waals surface area contributed by atoms with E-state index in [9.17, 15) is 4.57 Å². The predicted molar refractivity (Wildman–Crippen MR) is 123 cm³/mol. The molecule has 6 heteroatoms. The second-order valence-electron chi connectivity index (χ2n) is 8.58. The molecule has 28 heavy (non-hydrogen) atoms. The molecule has 0 atom stereocenters. The highest BCUT2D eigenvalue weighted by molar-refractivity contribution is 7.56. The Bertz CT molecular complexity index is 376. The van der Waals surface area contributed by atoms with E-state index in [2.05, 4.69) is 26.0 Å². The third kappa shape index (κ3) is 17.0. The van der Waals surface area contributed by atoms with E-state index in [0.717, 1.165) is 38.5 Å². The van der Waals surface area contributed by atoms with Crippen molar-refractivity contribution in [2.75, 3.05) is 0 Å². The molecule has 5 N–H and O–H groups in total. The Morgan fingerprint density at radius 3 is 1.32 bits per heavy atom. The molecule has 0 saturated carbocycles. The van der Waals surface area contributed by atoms with Crippen molar-refractivity contribution in [1.29, 1.82) is 0 Å². The first-order chi connectivity index (χ1) is 13.4. The molecule has 0 bridgehead atoms. The van der Waals surface area contributed by atoms with Crippen LogP contribution in [0.4, 0.5) is 0 Å². The minimum absolute atomic E-state index is 0.292. The number of hydrogen-bond acceptors (Lipinski definition) is 2. The van der Waals surface area contributed by atoms with Crippen molar-refractivity contribution in [3.05, 3.63) is 0 Å². The van der Waals surface area contributed by atoms with E-state index < -0.39 is 7.59 Å². The van der Waals surface area contributed by atoms with Gasteiger partial charge in [0, 0.05) is 0 Å². The lowest BCUT2D eigenvalue weighted by Crippen LogP contribution is -2.39. The minimum atomic E-state index is -3.38. The van der Waals surface area contributed by atoms with Gasteiger partial charge < -0.3 is 0 Å². The third-order valence-electron chi connectivity index (χ3n) is 5.61. The van der Waals surface area contributed by atoms with Gasteiger partial charge in [0.2, 0.25) is 0 Å². The van der Waals surface area contributed by atoms with Crippen LogP contribution in [0.3, 0.4) is 0 Å². The lowest BCUT2D eigenvalue weighted by atomic mass is 9.85. The van der Waals surface area contributed by atoms with Crippen molar-refractivity contribution in [3.8, 4) is 0 Å². The Labute approximate surface area is 175 Å². The first-order valence-electron chi connectivity index (χ1n) is 12.0. The van der Waals surface area contributed by atoms with Crippen LogP contribution < -0.4 is 16.3 Å². The summed E-state index contributed by atoms with van der Waals surface area (Å²) in [4.78, 5) is 6.04. The SMILES string of the molecule is CCCCCCCCCC(CCCCCC)(CCCCCC)ONP(N)(N)=O. The average molecular weight is 420 g/mol. The topological polar surface area (TPSA) is 90.4 Å². The lowest BCUT2D eigenvalue weighted by Gasteiger charge is -2.34. The van der Waals surface area contributed by atoms with Gasteiger partial charge in [-0.1, -0.05) is 117 Å². The summed E-state index contributed by atoms with van der Waals surface area (Å²) in [6.45, 7) is 6.71. The summed E-state index contributed by atoms with van der Waals surface area (Å²) in [5.41, 5.74) is 10.7. The van der Waals surface area contributed by atoms with Gasteiger partial charge >= 0.3 is 0 Å². The van der Waals surface area contributed by atoms with E-state index in [1.165, 1.54) is 77.0 Å². The Morgan fingerprint density at radius 1 is 0.643 bits per heavy atom. The first kappa shape index (κ1) is 28.1. The molecule has 0 heterocycles. The van der Waals surface area contributed by atoms with Gasteiger partial charge in [0.15, 0.2) is 0 Å². The second kappa shape index (κ2) is 17.9. The molecule has 0 fully saturated rings. The van der Waals surface area contributed by atoms with E-state index in [0.29, 0.717) is 0 Å². The van der Waals surface area contributed by atoms with Gasteiger partial charge in [0.25, 0.3) is 7.59 Å². The molecule has 0 saturated heterocycles. The second-order valence-corrected chi connectivity index (χ2v) is 10.2. The van der Waals surface area contributed by atoms with E-state index in [4.69, 9.17) is 15.8 Å². The van der Waals surface area contributed by atoms with Crippen LogP contribution in [0, 0.1) is 0 Å². The highest BCUT2D eigenvalue weighted by atomic mass is 31.2. The van der Waals surface area contributed by atoms with Crippen LogP contribution in [0.2, 0.25) is 0 Å². The van der Waals surface area contributed by atoms with Gasteiger partial charge in [-0.2, -0.15) is 0 Å². The summed E-state index contributed by atoms with van der Waals surface area (Å²) in [7, 11) is -3.38. The maximum Gasteiger partial charge on any atom is 0.296 e. The molecular weight excluding hydrogens is 369 g/mol. The maximum atomic E-state index is 11.8. The fourth-order valence-corrected chi connectivity index (χ4v) is 4.18. The molecule has 0 aromatic carbocycles. The normalized spacial score (nSPS) is 12.6. The van der Waals surface area contributed by atoms with Crippen molar-refractivity contribution < 1.29 is 9.40 Å². The summed E-state index contributed by atoms with van der Waals surface area (Å²) < 4.78 is 11.8. The van der Waals surface area contributed by atoms with E-state index in [1.54, 1.807) is 0 Å². The first-order valence-corrected chi connectivity index (χ1v) is 13.9. The molecule has 0 spiro atoms. The van der Waals surface area contributed by atoms with Crippen LogP contribution in [0.15, 0.2) is 0 Å². The van der Waals surface area contributed by atoms with E-state index in [1.807, 2.05) is 0 Å². The zero-order valence-electron chi connectivity index (χ0n) is 19.1. The smallest absolute Gasteiger partial charge is 0.287 e.